The molecule has 0 aliphatic heterocycles. The van der Waals surface area contributed by atoms with Gasteiger partial charge in [0.15, 0.2) is 0 Å². The van der Waals surface area contributed by atoms with E-state index in [1.54, 1.807) is 0 Å². The maximum atomic E-state index is 11.5. The minimum atomic E-state index is -0.545. The van der Waals surface area contributed by atoms with E-state index in [4.69, 9.17) is 10.4 Å². The fourth-order valence-corrected chi connectivity index (χ4v) is 1.64. The normalized spacial score (nSPS) is 13.9. The molecule has 2 N–H and O–H groups in total. The van der Waals surface area contributed by atoms with Gasteiger partial charge < -0.3 is 10.4 Å². The van der Waals surface area contributed by atoms with Crippen molar-refractivity contribution in [2.24, 2.45) is 11.8 Å². The summed E-state index contributed by atoms with van der Waals surface area (Å²) in [4.78, 5) is 11.5. The highest BCUT2D eigenvalue weighted by atomic mass is 16.3. The number of amides is 1. The number of hydrogen-bond acceptors (Lipinski definition) is 3. The Morgan fingerprint density at radius 1 is 1.44 bits per heavy atom. The van der Waals surface area contributed by atoms with E-state index in [2.05, 4.69) is 12.2 Å². The fourth-order valence-electron chi connectivity index (χ4n) is 1.64. The Kier molecular flexibility index (Phi) is 8.55. The topological polar surface area (TPSA) is 73.1 Å². The third-order valence-electron chi connectivity index (χ3n) is 2.68. The summed E-state index contributed by atoms with van der Waals surface area (Å²) >= 11 is 0. The van der Waals surface area contributed by atoms with Crippen LogP contribution in [0.2, 0.25) is 0 Å². The lowest BCUT2D eigenvalue weighted by Crippen LogP contribution is -2.34. The summed E-state index contributed by atoms with van der Waals surface area (Å²) in [5.41, 5.74) is 0. The highest BCUT2D eigenvalue weighted by Gasteiger charge is 2.16. The molecular formula is C12H22N2O2. The maximum Gasteiger partial charge on any atom is 0.237 e. The van der Waals surface area contributed by atoms with Crippen LogP contribution in [0.1, 0.15) is 39.5 Å². The maximum absolute atomic E-state index is 11.5. The molecule has 16 heavy (non-hydrogen) atoms. The van der Waals surface area contributed by atoms with Gasteiger partial charge in [-0.05, 0) is 25.2 Å². The molecular weight excluding hydrogens is 204 g/mol. The summed E-state index contributed by atoms with van der Waals surface area (Å²) in [7, 11) is 0. The molecule has 0 rings (SSSR count). The molecule has 0 aromatic carbocycles. The summed E-state index contributed by atoms with van der Waals surface area (Å²) in [6, 6.07) is 1.98. The van der Waals surface area contributed by atoms with Crippen molar-refractivity contribution in [3.05, 3.63) is 0 Å². The largest absolute Gasteiger partial charge is 0.396 e. The van der Waals surface area contributed by atoms with Crippen molar-refractivity contribution in [3.63, 3.8) is 0 Å². The molecule has 0 aromatic heterocycles. The van der Waals surface area contributed by atoms with E-state index in [-0.39, 0.29) is 12.5 Å². The van der Waals surface area contributed by atoms with Crippen molar-refractivity contribution < 1.29 is 9.90 Å². The Morgan fingerprint density at radius 3 is 2.56 bits per heavy atom. The van der Waals surface area contributed by atoms with Crippen molar-refractivity contribution in [1.29, 1.82) is 5.26 Å². The zero-order valence-corrected chi connectivity index (χ0v) is 10.2. The highest BCUT2D eigenvalue weighted by Crippen LogP contribution is 2.10. The average Bonchev–Trinajstić information content (AvgIpc) is 2.28. The van der Waals surface area contributed by atoms with E-state index in [1.807, 2.05) is 13.0 Å². The molecule has 4 nitrogen and oxygen atoms in total. The molecule has 4 heteroatoms. The van der Waals surface area contributed by atoms with Crippen molar-refractivity contribution in [2.45, 2.75) is 39.5 Å². The van der Waals surface area contributed by atoms with E-state index in [9.17, 15) is 4.79 Å². The molecule has 0 aliphatic rings. The number of nitriles is 1. The molecule has 0 fully saturated rings. The lowest BCUT2D eigenvalue weighted by molar-refractivity contribution is -0.123. The van der Waals surface area contributed by atoms with Gasteiger partial charge in [0.1, 0.15) is 5.92 Å². The van der Waals surface area contributed by atoms with Crippen LogP contribution in [0.5, 0.6) is 0 Å². The van der Waals surface area contributed by atoms with Gasteiger partial charge in [-0.3, -0.25) is 4.79 Å². The Morgan fingerprint density at radius 2 is 2.12 bits per heavy atom. The van der Waals surface area contributed by atoms with Gasteiger partial charge in [0.25, 0.3) is 0 Å². The molecule has 0 aliphatic carbocycles. The molecule has 1 amide bonds. The lowest BCUT2D eigenvalue weighted by Gasteiger charge is -2.16. The molecule has 2 atom stereocenters. The average molecular weight is 226 g/mol. The van der Waals surface area contributed by atoms with E-state index in [1.165, 1.54) is 0 Å². The number of carbonyl (C=O) groups excluding carboxylic acids is 1. The number of nitrogens with zero attached hydrogens (tertiary/aromatic N) is 1. The highest BCUT2D eigenvalue weighted by molar-refractivity contribution is 5.80. The minimum absolute atomic E-state index is 0.149. The van der Waals surface area contributed by atoms with Crippen LogP contribution in [0, 0.1) is 23.2 Å². The van der Waals surface area contributed by atoms with Crippen LogP contribution >= 0.6 is 0 Å². The van der Waals surface area contributed by atoms with Crippen LogP contribution in [-0.2, 0) is 4.79 Å². The van der Waals surface area contributed by atoms with Crippen LogP contribution < -0.4 is 5.32 Å². The molecule has 0 saturated heterocycles. The van der Waals surface area contributed by atoms with Gasteiger partial charge in [0.2, 0.25) is 5.91 Å². The standard InChI is InChI=1S/C12H22N2O2/c1-3-5-10(6-7-15)9-14-12(16)11(4-2)8-13/h10-11,15H,3-7,9H2,1-2H3,(H,14,16). The van der Waals surface area contributed by atoms with Crippen molar-refractivity contribution in [1.82, 2.24) is 5.32 Å². The summed E-state index contributed by atoms with van der Waals surface area (Å²) < 4.78 is 0. The lowest BCUT2D eigenvalue weighted by atomic mass is 9.99. The molecule has 0 heterocycles. The van der Waals surface area contributed by atoms with E-state index in [0.29, 0.717) is 25.3 Å². The van der Waals surface area contributed by atoms with Crippen LogP contribution in [0.15, 0.2) is 0 Å². The predicted octanol–water partition coefficient (Wildman–Crippen LogP) is 1.45. The third-order valence-corrected chi connectivity index (χ3v) is 2.68. The van der Waals surface area contributed by atoms with Crippen LogP contribution in [0.25, 0.3) is 0 Å². The smallest absolute Gasteiger partial charge is 0.237 e. The van der Waals surface area contributed by atoms with Gasteiger partial charge in [-0.1, -0.05) is 20.3 Å². The number of nitrogens with one attached hydrogen (secondary N) is 1. The Labute approximate surface area is 97.7 Å². The van der Waals surface area contributed by atoms with Gasteiger partial charge >= 0.3 is 0 Å². The third kappa shape index (κ3) is 5.72. The van der Waals surface area contributed by atoms with Crippen LogP contribution in [0.4, 0.5) is 0 Å². The van der Waals surface area contributed by atoms with Crippen molar-refractivity contribution in [2.75, 3.05) is 13.2 Å². The first-order valence-corrected chi connectivity index (χ1v) is 5.97. The summed E-state index contributed by atoms with van der Waals surface area (Å²) in [5, 5.41) is 20.4. The molecule has 2 unspecified atom stereocenters. The number of aliphatic hydroxyl groups excluding tert-OH is 1. The van der Waals surface area contributed by atoms with E-state index in [0.717, 1.165) is 12.8 Å². The second-order valence-electron chi connectivity index (χ2n) is 4.00. The number of rotatable bonds is 8. The van der Waals surface area contributed by atoms with Gasteiger partial charge in [-0.25, -0.2) is 0 Å². The quantitative estimate of drug-likeness (QED) is 0.658. The van der Waals surface area contributed by atoms with E-state index >= 15 is 0 Å². The first-order valence-electron chi connectivity index (χ1n) is 5.97. The fraction of sp³-hybridized carbons (Fsp3) is 0.833. The molecule has 92 valence electrons. The van der Waals surface area contributed by atoms with Crippen LogP contribution in [0.3, 0.4) is 0 Å². The van der Waals surface area contributed by atoms with Crippen molar-refractivity contribution in [3.8, 4) is 6.07 Å². The zero-order valence-electron chi connectivity index (χ0n) is 10.2. The number of carbonyl (C=O) groups is 1. The first-order chi connectivity index (χ1) is 7.69. The second-order valence-corrected chi connectivity index (χ2v) is 4.00. The molecule has 0 spiro atoms. The van der Waals surface area contributed by atoms with Gasteiger partial charge in [-0.15, -0.1) is 0 Å². The number of hydrogen-bond donors (Lipinski definition) is 2. The Bertz CT molecular complexity index is 230. The predicted molar refractivity (Wildman–Crippen MR) is 62.5 cm³/mol. The Balaban J connectivity index is 3.99. The number of aliphatic hydroxyl groups is 1. The van der Waals surface area contributed by atoms with Gasteiger partial charge in [0, 0.05) is 13.2 Å². The zero-order chi connectivity index (χ0) is 12.4. The van der Waals surface area contributed by atoms with E-state index < -0.39 is 5.92 Å². The second kappa shape index (κ2) is 9.17. The molecule has 0 radical (unpaired) electrons. The minimum Gasteiger partial charge on any atom is -0.396 e. The summed E-state index contributed by atoms with van der Waals surface area (Å²) in [6.07, 6.45) is 3.28. The molecule has 0 aromatic rings. The monoisotopic (exact) mass is 226 g/mol. The van der Waals surface area contributed by atoms with Crippen molar-refractivity contribution >= 4 is 5.91 Å². The first kappa shape index (κ1) is 14.9. The van der Waals surface area contributed by atoms with Crippen LogP contribution in [-0.4, -0.2) is 24.2 Å². The molecule has 0 bridgehead atoms. The van der Waals surface area contributed by atoms with Gasteiger partial charge in [0.05, 0.1) is 6.07 Å². The summed E-state index contributed by atoms with van der Waals surface area (Å²) in [5.74, 6) is -0.421. The summed E-state index contributed by atoms with van der Waals surface area (Å²) in [6.45, 7) is 4.61. The van der Waals surface area contributed by atoms with Gasteiger partial charge in [-0.2, -0.15) is 5.26 Å². The SMILES string of the molecule is CCCC(CCO)CNC(=O)C(C#N)CC. The Hall–Kier alpha value is -1.08. The molecule has 0 saturated carbocycles.